The summed E-state index contributed by atoms with van der Waals surface area (Å²) in [6.07, 6.45) is -8.67. The number of hydrogen-bond acceptors (Lipinski definition) is 5. The number of carbonyl (C=O) groups excluding carboxylic acids is 2. The summed E-state index contributed by atoms with van der Waals surface area (Å²) in [6, 6.07) is 8.31. The van der Waals surface area contributed by atoms with Crippen LogP contribution < -0.4 is 21.5 Å². The summed E-state index contributed by atoms with van der Waals surface area (Å²) < 4.78 is 84.3. The van der Waals surface area contributed by atoms with Gasteiger partial charge in [0, 0.05) is 6.04 Å². The number of primary amides is 1. The fourth-order valence-corrected chi connectivity index (χ4v) is 3.97. The molecule has 208 valence electrons. The van der Waals surface area contributed by atoms with Crippen LogP contribution in [0.25, 0.3) is 11.4 Å². The highest BCUT2D eigenvalue weighted by atomic mass is 19.4. The van der Waals surface area contributed by atoms with Crippen LogP contribution >= 0.6 is 0 Å². The standard InChI is InChI=1S/C24H21F6N5O4/c1-22(20(31)37,13-5-4-6-14(11-13)23(25,26)27)32-18(36)12-34-21(38)35(15-9-10-15)19(33-34)16-7-2-3-8-17(16)39-24(28,29)30/h2-8,11,15H,9-10,12H2,1H3,(H2,31,37)(H,32,36). The Morgan fingerprint density at radius 2 is 1.69 bits per heavy atom. The molecule has 4 rings (SSSR count). The molecule has 1 fully saturated rings. The molecule has 1 heterocycles. The van der Waals surface area contributed by atoms with Crippen molar-refractivity contribution in [3.8, 4) is 17.1 Å². The van der Waals surface area contributed by atoms with E-state index in [1.165, 1.54) is 24.3 Å². The van der Waals surface area contributed by atoms with Crippen molar-refractivity contribution >= 4 is 11.8 Å². The zero-order chi connectivity index (χ0) is 28.8. The van der Waals surface area contributed by atoms with Gasteiger partial charge in [-0.3, -0.25) is 14.2 Å². The summed E-state index contributed by atoms with van der Waals surface area (Å²) in [5.41, 5.74) is 1.02. The lowest BCUT2D eigenvalue weighted by atomic mass is 9.89. The van der Waals surface area contributed by atoms with Crippen molar-refractivity contribution in [3.63, 3.8) is 0 Å². The number of para-hydroxylation sites is 1. The molecule has 0 aliphatic heterocycles. The van der Waals surface area contributed by atoms with Gasteiger partial charge in [0.2, 0.25) is 11.8 Å². The van der Waals surface area contributed by atoms with E-state index in [0.29, 0.717) is 23.6 Å². The lowest BCUT2D eigenvalue weighted by Crippen LogP contribution is -2.54. The molecule has 1 saturated carbocycles. The van der Waals surface area contributed by atoms with E-state index in [9.17, 15) is 40.7 Å². The fraction of sp³-hybridized carbons (Fsp3) is 0.333. The van der Waals surface area contributed by atoms with Gasteiger partial charge < -0.3 is 15.8 Å². The quantitative estimate of drug-likeness (QED) is 0.411. The number of aromatic nitrogens is 3. The topological polar surface area (TPSA) is 121 Å². The molecule has 2 aromatic carbocycles. The Morgan fingerprint density at radius 3 is 2.28 bits per heavy atom. The molecule has 0 bridgehead atoms. The number of amides is 2. The first-order valence-corrected chi connectivity index (χ1v) is 11.4. The zero-order valence-electron chi connectivity index (χ0n) is 20.1. The summed E-state index contributed by atoms with van der Waals surface area (Å²) in [5.74, 6) is -2.97. The predicted octanol–water partition coefficient (Wildman–Crippen LogP) is 3.48. The maximum absolute atomic E-state index is 13.2. The predicted molar refractivity (Wildman–Crippen MR) is 123 cm³/mol. The van der Waals surface area contributed by atoms with E-state index in [1.54, 1.807) is 0 Å². The van der Waals surface area contributed by atoms with Crippen molar-refractivity contribution in [2.24, 2.45) is 5.73 Å². The normalized spacial score (nSPS) is 15.5. The average molecular weight is 557 g/mol. The molecular weight excluding hydrogens is 536 g/mol. The van der Waals surface area contributed by atoms with Crippen molar-refractivity contribution in [1.82, 2.24) is 19.7 Å². The molecule has 1 unspecified atom stereocenters. The van der Waals surface area contributed by atoms with Gasteiger partial charge in [-0.2, -0.15) is 13.2 Å². The minimum absolute atomic E-state index is 0.149. The van der Waals surface area contributed by atoms with Gasteiger partial charge in [-0.15, -0.1) is 18.3 Å². The van der Waals surface area contributed by atoms with Crippen molar-refractivity contribution < 1.29 is 40.7 Å². The second-order valence-corrected chi connectivity index (χ2v) is 9.02. The summed E-state index contributed by atoms with van der Waals surface area (Å²) in [5, 5.41) is 6.32. The van der Waals surface area contributed by atoms with Crippen LogP contribution in [0, 0.1) is 0 Å². The summed E-state index contributed by atoms with van der Waals surface area (Å²) >= 11 is 0. The minimum atomic E-state index is -5.02. The zero-order valence-corrected chi connectivity index (χ0v) is 20.1. The SMILES string of the molecule is CC(NC(=O)Cn1nc(-c2ccccc2OC(F)(F)F)n(C2CC2)c1=O)(C(N)=O)c1cccc(C(F)(F)F)c1. The Hall–Kier alpha value is -4.30. The number of benzene rings is 2. The Bertz CT molecular complexity index is 1470. The number of ether oxygens (including phenoxy) is 1. The van der Waals surface area contributed by atoms with Gasteiger partial charge in [-0.25, -0.2) is 9.48 Å². The number of halogens is 6. The summed E-state index contributed by atoms with van der Waals surface area (Å²) in [4.78, 5) is 38.3. The molecule has 1 aliphatic rings. The number of hydrogen-bond donors (Lipinski definition) is 2. The summed E-state index contributed by atoms with van der Waals surface area (Å²) in [6.45, 7) is 0.292. The van der Waals surface area contributed by atoms with Gasteiger partial charge >= 0.3 is 18.2 Å². The van der Waals surface area contributed by atoms with Crippen molar-refractivity contribution in [2.45, 2.75) is 50.4 Å². The van der Waals surface area contributed by atoms with Crippen molar-refractivity contribution in [1.29, 1.82) is 0 Å². The number of rotatable bonds is 8. The maximum atomic E-state index is 13.2. The molecule has 9 nitrogen and oxygen atoms in total. The van der Waals surface area contributed by atoms with E-state index in [1.807, 2.05) is 0 Å². The number of nitrogens with zero attached hydrogens (tertiary/aromatic N) is 3. The molecule has 3 aromatic rings. The molecule has 0 spiro atoms. The molecule has 0 saturated heterocycles. The highest BCUT2D eigenvalue weighted by molar-refractivity contribution is 5.91. The molecule has 0 radical (unpaired) electrons. The molecule has 39 heavy (non-hydrogen) atoms. The third-order valence-electron chi connectivity index (χ3n) is 6.08. The van der Waals surface area contributed by atoms with Crippen LogP contribution in [0.3, 0.4) is 0 Å². The van der Waals surface area contributed by atoms with Gasteiger partial charge in [0.25, 0.3) is 0 Å². The van der Waals surface area contributed by atoms with Crippen LogP contribution in [0.1, 0.15) is 36.9 Å². The molecular formula is C24H21F6N5O4. The Morgan fingerprint density at radius 1 is 1.05 bits per heavy atom. The van der Waals surface area contributed by atoms with Crippen LogP contribution in [0.4, 0.5) is 26.3 Å². The molecule has 2 amide bonds. The van der Waals surface area contributed by atoms with Crippen LogP contribution in [-0.2, 0) is 27.8 Å². The lowest BCUT2D eigenvalue weighted by Gasteiger charge is -2.28. The molecule has 1 atom stereocenters. The van der Waals surface area contributed by atoms with Crippen LogP contribution in [-0.4, -0.2) is 32.5 Å². The first kappa shape index (κ1) is 27.7. The second-order valence-electron chi connectivity index (χ2n) is 9.02. The van der Waals surface area contributed by atoms with Crippen LogP contribution in [0.2, 0.25) is 0 Å². The summed E-state index contributed by atoms with van der Waals surface area (Å²) in [7, 11) is 0. The van der Waals surface area contributed by atoms with E-state index in [0.717, 1.165) is 29.7 Å². The second kappa shape index (κ2) is 9.78. The van der Waals surface area contributed by atoms with E-state index in [4.69, 9.17) is 5.73 Å². The number of alkyl halides is 6. The monoisotopic (exact) mass is 557 g/mol. The highest BCUT2D eigenvalue weighted by Gasteiger charge is 2.39. The first-order valence-electron chi connectivity index (χ1n) is 11.4. The van der Waals surface area contributed by atoms with E-state index in [-0.39, 0.29) is 23.0 Å². The molecule has 1 aromatic heterocycles. The average Bonchev–Trinajstić information content (AvgIpc) is 3.62. The van der Waals surface area contributed by atoms with Crippen LogP contribution in [0.5, 0.6) is 5.75 Å². The Balaban J connectivity index is 1.67. The van der Waals surface area contributed by atoms with Gasteiger partial charge in [0.1, 0.15) is 17.8 Å². The van der Waals surface area contributed by atoms with Gasteiger partial charge in [-0.05, 0) is 49.6 Å². The molecule has 3 N–H and O–H groups in total. The Kier molecular flexibility index (Phi) is 6.95. The molecule has 1 aliphatic carbocycles. The van der Waals surface area contributed by atoms with E-state index in [2.05, 4.69) is 15.2 Å². The maximum Gasteiger partial charge on any atom is 0.573 e. The smallest absolute Gasteiger partial charge is 0.405 e. The van der Waals surface area contributed by atoms with Gasteiger partial charge in [0.15, 0.2) is 5.82 Å². The third kappa shape index (κ3) is 5.91. The molecule has 15 heteroatoms. The largest absolute Gasteiger partial charge is 0.573 e. The van der Waals surface area contributed by atoms with Gasteiger partial charge in [0.05, 0.1) is 11.1 Å². The minimum Gasteiger partial charge on any atom is -0.405 e. The highest BCUT2D eigenvalue weighted by Crippen LogP contribution is 2.39. The first-order chi connectivity index (χ1) is 18.1. The Labute approximate surface area is 216 Å². The fourth-order valence-electron chi connectivity index (χ4n) is 3.97. The number of nitrogens with two attached hydrogens (primary N) is 1. The van der Waals surface area contributed by atoms with Gasteiger partial charge in [-0.1, -0.05) is 24.3 Å². The van der Waals surface area contributed by atoms with Crippen LogP contribution in [0.15, 0.2) is 53.3 Å². The third-order valence-corrected chi connectivity index (χ3v) is 6.08. The lowest BCUT2D eigenvalue weighted by molar-refractivity contribution is -0.274. The number of carbonyl (C=O) groups is 2. The van der Waals surface area contributed by atoms with E-state index >= 15 is 0 Å². The van der Waals surface area contributed by atoms with Crippen molar-refractivity contribution in [2.75, 3.05) is 0 Å². The van der Waals surface area contributed by atoms with Crippen molar-refractivity contribution in [3.05, 3.63) is 70.1 Å². The van der Waals surface area contributed by atoms with E-state index < -0.39 is 53.4 Å². The number of nitrogens with one attached hydrogen (secondary N) is 1.